The van der Waals surface area contributed by atoms with E-state index in [9.17, 15) is 9.59 Å². The van der Waals surface area contributed by atoms with Crippen LogP contribution in [0, 0.1) is 13.8 Å². The van der Waals surface area contributed by atoms with Crippen LogP contribution in [0.1, 0.15) is 16.7 Å². The Morgan fingerprint density at radius 2 is 1.50 bits per heavy atom. The number of carbonyl (C=O) groups excluding carboxylic acids is 2. The zero-order chi connectivity index (χ0) is 17.5. The van der Waals surface area contributed by atoms with Crippen molar-refractivity contribution in [1.29, 1.82) is 0 Å². The maximum Gasteiger partial charge on any atom is 0.250 e. The number of anilines is 2. The first-order valence-corrected chi connectivity index (χ1v) is 7.73. The van der Waals surface area contributed by atoms with Crippen molar-refractivity contribution >= 4 is 23.2 Å². The lowest BCUT2D eigenvalue weighted by Gasteiger charge is -2.09. The number of hydrogen-bond acceptors (Lipinski definition) is 3. The lowest BCUT2D eigenvalue weighted by Crippen LogP contribution is -2.17. The fourth-order valence-electron chi connectivity index (χ4n) is 2.33. The van der Waals surface area contributed by atoms with Gasteiger partial charge in [-0.3, -0.25) is 9.59 Å². The molecule has 5 heteroatoms. The summed E-state index contributed by atoms with van der Waals surface area (Å²) in [4.78, 5) is 23.6. The molecule has 0 aliphatic carbocycles. The van der Waals surface area contributed by atoms with Gasteiger partial charge in [-0.05, 0) is 49.2 Å². The van der Waals surface area contributed by atoms with Gasteiger partial charge in [-0.2, -0.15) is 0 Å². The molecule has 0 saturated heterocycles. The van der Waals surface area contributed by atoms with Gasteiger partial charge >= 0.3 is 0 Å². The quantitative estimate of drug-likeness (QED) is 0.857. The molecule has 0 radical (unpaired) electrons. The standard InChI is InChI=1S/C19H22N2O3/c1-13-4-5-14(2)15(10-13)11-18(22)20-16-6-8-17(9-7-16)21-19(23)12-24-3/h4-10H,11-12H2,1-3H3,(H,20,22)(H,21,23). The average molecular weight is 326 g/mol. The summed E-state index contributed by atoms with van der Waals surface area (Å²) in [6.45, 7) is 4.02. The summed E-state index contributed by atoms with van der Waals surface area (Å²) in [7, 11) is 1.47. The average Bonchev–Trinajstić information content (AvgIpc) is 2.53. The third-order valence-corrected chi connectivity index (χ3v) is 3.58. The Labute approximate surface area is 142 Å². The Hall–Kier alpha value is -2.66. The van der Waals surface area contributed by atoms with E-state index in [4.69, 9.17) is 4.74 Å². The van der Waals surface area contributed by atoms with Crippen LogP contribution < -0.4 is 10.6 Å². The predicted molar refractivity (Wildman–Crippen MR) is 95.2 cm³/mol. The number of aryl methyl sites for hydroxylation is 2. The topological polar surface area (TPSA) is 67.4 Å². The summed E-state index contributed by atoms with van der Waals surface area (Å²) in [6, 6.07) is 13.1. The summed E-state index contributed by atoms with van der Waals surface area (Å²) in [5.74, 6) is -0.288. The summed E-state index contributed by atoms with van der Waals surface area (Å²) < 4.78 is 4.76. The van der Waals surface area contributed by atoms with Crippen LogP contribution in [0.4, 0.5) is 11.4 Å². The Morgan fingerprint density at radius 3 is 2.08 bits per heavy atom. The molecule has 0 aromatic heterocycles. The summed E-state index contributed by atoms with van der Waals surface area (Å²) in [5.41, 5.74) is 4.61. The number of methoxy groups -OCH3 is 1. The van der Waals surface area contributed by atoms with Crippen LogP contribution in [0.5, 0.6) is 0 Å². The first-order chi connectivity index (χ1) is 11.5. The molecule has 0 atom stereocenters. The fourth-order valence-corrected chi connectivity index (χ4v) is 2.33. The van der Waals surface area contributed by atoms with Gasteiger partial charge in [0.15, 0.2) is 0 Å². The molecule has 2 rings (SSSR count). The largest absolute Gasteiger partial charge is 0.375 e. The number of carbonyl (C=O) groups is 2. The Kier molecular flexibility index (Phi) is 6.09. The van der Waals surface area contributed by atoms with Crippen molar-refractivity contribution in [2.75, 3.05) is 24.4 Å². The molecule has 5 nitrogen and oxygen atoms in total. The molecule has 126 valence electrons. The molecular weight excluding hydrogens is 304 g/mol. The summed E-state index contributed by atoms with van der Waals surface area (Å²) >= 11 is 0. The summed E-state index contributed by atoms with van der Waals surface area (Å²) in [5, 5.41) is 5.57. The zero-order valence-corrected chi connectivity index (χ0v) is 14.2. The van der Waals surface area contributed by atoms with Gasteiger partial charge in [0.2, 0.25) is 11.8 Å². The van der Waals surface area contributed by atoms with Gasteiger partial charge in [-0.25, -0.2) is 0 Å². The Morgan fingerprint density at radius 1 is 0.917 bits per heavy atom. The van der Waals surface area contributed by atoms with E-state index in [1.165, 1.54) is 7.11 Å². The number of hydrogen-bond donors (Lipinski definition) is 2. The van der Waals surface area contributed by atoms with Gasteiger partial charge in [0, 0.05) is 18.5 Å². The second-order valence-electron chi connectivity index (χ2n) is 5.71. The van der Waals surface area contributed by atoms with Gasteiger partial charge in [0.1, 0.15) is 6.61 Å². The highest BCUT2D eigenvalue weighted by Gasteiger charge is 2.07. The van der Waals surface area contributed by atoms with E-state index in [1.807, 2.05) is 32.0 Å². The third-order valence-electron chi connectivity index (χ3n) is 3.58. The van der Waals surface area contributed by atoms with Crippen molar-refractivity contribution in [2.45, 2.75) is 20.3 Å². The van der Waals surface area contributed by atoms with E-state index in [-0.39, 0.29) is 18.4 Å². The molecule has 0 unspecified atom stereocenters. The van der Waals surface area contributed by atoms with Crippen LogP contribution >= 0.6 is 0 Å². The first-order valence-electron chi connectivity index (χ1n) is 7.73. The second-order valence-corrected chi connectivity index (χ2v) is 5.71. The minimum atomic E-state index is -0.218. The molecule has 24 heavy (non-hydrogen) atoms. The fraction of sp³-hybridized carbons (Fsp3) is 0.263. The number of nitrogens with one attached hydrogen (secondary N) is 2. The monoisotopic (exact) mass is 326 g/mol. The van der Waals surface area contributed by atoms with Crippen molar-refractivity contribution in [2.24, 2.45) is 0 Å². The van der Waals surface area contributed by atoms with Crippen molar-refractivity contribution in [1.82, 2.24) is 0 Å². The first kappa shape index (κ1) is 17.7. The molecule has 0 aliphatic rings. The van der Waals surface area contributed by atoms with Crippen molar-refractivity contribution in [3.8, 4) is 0 Å². The van der Waals surface area contributed by atoms with Crippen LogP contribution in [0.15, 0.2) is 42.5 Å². The molecule has 0 fully saturated rings. The molecule has 0 aliphatic heterocycles. The highest BCUT2D eigenvalue weighted by molar-refractivity contribution is 5.94. The zero-order valence-electron chi connectivity index (χ0n) is 14.2. The number of rotatable bonds is 6. The second kappa shape index (κ2) is 8.26. The minimum Gasteiger partial charge on any atom is -0.375 e. The Balaban J connectivity index is 1.94. The molecule has 2 aromatic carbocycles. The molecule has 0 saturated carbocycles. The lowest BCUT2D eigenvalue weighted by atomic mass is 10.0. The van der Waals surface area contributed by atoms with Crippen molar-refractivity contribution in [3.05, 3.63) is 59.2 Å². The predicted octanol–water partition coefficient (Wildman–Crippen LogP) is 3.07. The van der Waals surface area contributed by atoms with Crippen LogP contribution in [-0.4, -0.2) is 25.5 Å². The van der Waals surface area contributed by atoms with Gasteiger partial charge in [0.25, 0.3) is 0 Å². The van der Waals surface area contributed by atoms with Gasteiger partial charge in [-0.15, -0.1) is 0 Å². The van der Waals surface area contributed by atoms with Gasteiger partial charge < -0.3 is 15.4 Å². The van der Waals surface area contributed by atoms with Crippen LogP contribution in [-0.2, 0) is 20.7 Å². The van der Waals surface area contributed by atoms with E-state index in [2.05, 4.69) is 10.6 Å². The SMILES string of the molecule is COCC(=O)Nc1ccc(NC(=O)Cc2cc(C)ccc2C)cc1. The third kappa shape index (κ3) is 5.21. The summed E-state index contributed by atoms with van der Waals surface area (Å²) in [6.07, 6.45) is 0.333. The molecule has 0 heterocycles. The molecule has 2 aromatic rings. The molecule has 0 spiro atoms. The van der Waals surface area contributed by atoms with Crippen molar-refractivity contribution < 1.29 is 14.3 Å². The normalized spacial score (nSPS) is 10.3. The van der Waals surface area contributed by atoms with E-state index in [0.717, 1.165) is 16.7 Å². The van der Waals surface area contributed by atoms with E-state index in [1.54, 1.807) is 24.3 Å². The van der Waals surface area contributed by atoms with Gasteiger partial charge in [0.05, 0.1) is 6.42 Å². The highest BCUT2D eigenvalue weighted by atomic mass is 16.5. The Bertz CT molecular complexity index is 724. The van der Waals surface area contributed by atoms with Crippen LogP contribution in [0.2, 0.25) is 0 Å². The number of amides is 2. The maximum atomic E-state index is 12.2. The van der Waals surface area contributed by atoms with E-state index >= 15 is 0 Å². The van der Waals surface area contributed by atoms with Crippen LogP contribution in [0.25, 0.3) is 0 Å². The molecule has 2 N–H and O–H groups in total. The highest BCUT2D eigenvalue weighted by Crippen LogP contribution is 2.15. The van der Waals surface area contributed by atoms with E-state index in [0.29, 0.717) is 17.8 Å². The van der Waals surface area contributed by atoms with Crippen molar-refractivity contribution in [3.63, 3.8) is 0 Å². The molecule has 0 bridgehead atoms. The van der Waals surface area contributed by atoms with Gasteiger partial charge in [-0.1, -0.05) is 23.8 Å². The molecule has 2 amide bonds. The van der Waals surface area contributed by atoms with E-state index < -0.39 is 0 Å². The maximum absolute atomic E-state index is 12.2. The number of benzene rings is 2. The number of ether oxygens (including phenoxy) is 1. The van der Waals surface area contributed by atoms with Crippen LogP contribution in [0.3, 0.4) is 0 Å². The minimum absolute atomic E-state index is 0.00826. The smallest absolute Gasteiger partial charge is 0.250 e. The lowest BCUT2D eigenvalue weighted by molar-refractivity contribution is -0.119. The molecular formula is C19H22N2O3.